The molecule has 0 unspecified atom stereocenters. The molecular weight excluding hydrogens is 781 g/mol. The first-order chi connectivity index (χ1) is 29.4. The first kappa shape index (κ1) is 58.3. The van der Waals surface area contributed by atoms with Gasteiger partial charge in [0, 0.05) is 41.7 Å². The summed E-state index contributed by atoms with van der Waals surface area (Å²) in [5.74, 6) is 0.799. The average molecular weight is 890 g/mol. The van der Waals surface area contributed by atoms with E-state index in [1.165, 1.54) is 99.4 Å². The Kier molecular flexibility index (Phi) is 22.8. The summed E-state index contributed by atoms with van der Waals surface area (Å²) in [6, 6.07) is 15.0. The second-order valence-electron chi connectivity index (χ2n) is 25.3. The SMILES string of the molecule is CC(C)CCN(C)C(C)(C)CN(C)C.CNCCCCCCC1(CCCCCCN(C)C(C)(C)CN(C)C(C)(C)CN(C)C)c2cc(C(C)(C)C)ccc2-c2ccc(C(C)(C)C)cc21. The fourth-order valence-corrected chi connectivity index (χ4v) is 10.1. The van der Waals surface area contributed by atoms with Crippen molar-refractivity contribution in [1.82, 2.24) is 29.8 Å². The van der Waals surface area contributed by atoms with Crippen molar-refractivity contribution in [2.45, 2.75) is 200 Å². The van der Waals surface area contributed by atoms with E-state index in [2.05, 4.69) is 220 Å². The predicted molar refractivity (Wildman–Crippen MR) is 287 cm³/mol. The van der Waals surface area contributed by atoms with Crippen molar-refractivity contribution < 1.29 is 0 Å². The molecule has 0 saturated heterocycles. The van der Waals surface area contributed by atoms with Gasteiger partial charge >= 0.3 is 0 Å². The van der Waals surface area contributed by atoms with Gasteiger partial charge in [-0.05, 0) is 200 Å². The summed E-state index contributed by atoms with van der Waals surface area (Å²) in [6.45, 7) is 39.7. The molecule has 0 aromatic heterocycles. The monoisotopic (exact) mass is 889 g/mol. The van der Waals surface area contributed by atoms with Gasteiger partial charge in [-0.3, -0.25) is 14.7 Å². The highest BCUT2D eigenvalue weighted by Crippen LogP contribution is 2.55. The largest absolute Gasteiger partial charge is 0.320 e. The van der Waals surface area contributed by atoms with Crippen LogP contribution in [0.15, 0.2) is 36.4 Å². The summed E-state index contributed by atoms with van der Waals surface area (Å²) < 4.78 is 0. The summed E-state index contributed by atoms with van der Waals surface area (Å²) in [4.78, 5) is 12.2. The van der Waals surface area contributed by atoms with Crippen molar-refractivity contribution in [2.75, 3.05) is 95.6 Å². The van der Waals surface area contributed by atoms with Crippen molar-refractivity contribution in [1.29, 1.82) is 0 Å². The van der Waals surface area contributed by atoms with Crippen molar-refractivity contribution in [3.63, 3.8) is 0 Å². The number of benzene rings is 2. The third-order valence-electron chi connectivity index (χ3n) is 14.9. The average Bonchev–Trinajstić information content (AvgIpc) is 3.43. The number of hydrogen-bond acceptors (Lipinski definition) is 6. The Labute approximate surface area is 400 Å². The fraction of sp³-hybridized carbons (Fsp3) is 0.793. The van der Waals surface area contributed by atoms with E-state index < -0.39 is 0 Å². The molecule has 2 aromatic carbocycles. The Morgan fingerprint density at radius 1 is 0.484 bits per heavy atom. The number of rotatable bonds is 26. The highest BCUT2D eigenvalue weighted by Gasteiger charge is 2.43. The quantitative estimate of drug-likeness (QED) is 0.0947. The van der Waals surface area contributed by atoms with E-state index in [9.17, 15) is 0 Å². The third-order valence-corrected chi connectivity index (χ3v) is 14.9. The minimum atomic E-state index is 0.0962. The normalized spacial score (nSPS) is 14.6. The molecule has 6 nitrogen and oxygen atoms in total. The lowest BCUT2D eigenvalue weighted by Crippen LogP contribution is -2.56. The second-order valence-corrected chi connectivity index (χ2v) is 25.3. The van der Waals surface area contributed by atoms with Crippen LogP contribution in [0.3, 0.4) is 0 Å². The Bertz CT molecular complexity index is 1570. The van der Waals surface area contributed by atoms with Crippen LogP contribution in [0.4, 0.5) is 0 Å². The molecule has 1 N–H and O–H groups in total. The topological polar surface area (TPSA) is 28.2 Å². The zero-order valence-corrected chi connectivity index (χ0v) is 46.8. The van der Waals surface area contributed by atoms with Crippen molar-refractivity contribution >= 4 is 0 Å². The van der Waals surface area contributed by atoms with Crippen LogP contribution in [-0.4, -0.2) is 137 Å². The van der Waals surface area contributed by atoms with Gasteiger partial charge in [0.25, 0.3) is 0 Å². The number of fused-ring (bicyclic) bond motifs is 3. The molecule has 0 saturated carbocycles. The van der Waals surface area contributed by atoms with E-state index >= 15 is 0 Å². The summed E-state index contributed by atoms with van der Waals surface area (Å²) in [5, 5.41) is 3.35. The van der Waals surface area contributed by atoms with Gasteiger partial charge in [0.05, 0.1) is 0 Å². The van der Waals surface area contributed by atoms with Crippen LogP contribution in [0.1, 0.15) is 190 Å². The molecule has 3 rings (SSSR count). The summed E-state index contributed by atoms with van der Waals surface area (Å²) in [6.07, 6.45) is 14.1. The molecule has 370 valence electrons. The van der Waals surface area contributed by atoms with E-state index in [-0.39, 0.29) is 32.9 Å². The van der Waals surface area contributed by atoms with Gasteiger partial charge in [-0.25, -0.2) is 0 Å². The number of nitrogens with zero attached hydrogens (tertiary/aromatic N) is 5. The molecule has 1 aliphatic carbocycles. The maximum absolute atomic E-state index is 3.35. The molecule has 0 fully saturated rings. The van der Waals surface area contributed by atoms with Gasteiger partial charge in [-0.2, -0.15) is 0 Å². The summed E-state index contributed by atoms with van der Waals surface area (Å²) in [5.41, 5.74) is 10.1. The third kappa shape index (κ3) is 17.7. The lowest BCUT2D eigenvalue weighted by atomic mass is 9.69. The first-order valence-corrected chi connectivity index (χ1v) is 25.8. The lowest BCUT2D eigenvalue weighted by molar-refractivity contribution is 0.0461. The van der Waals surface area contributed by atoms with E-state index in [0.717, 1.165) is 38.6 Å². The van der Waals surface area contributed by atoms with Gasteiger partial charge in [-0.1, -0.05) is 130 Å². The standard InChI is InChI=1S/C46H80N4.C12H28N2/c1-42(2,3)36-24-26-38-39-27-25-37(43(4,5)6)33-41(39)46(40(38)32-36,28-20-16-18-22-30-47-11)29-21-17-19-23-31-49(14)45(9,10)35-50(15)44(7,8)34-48(12)13;1-11(2)8-9-14(7)12(3,4)10-13(5)6/h24-27,32-33,47H,16-23,28-31,34-35H2,1-15H3;11H,8-10H2,1-7H3. The minimum absolute atomic E-state index is 0.0962. The molecule has 0 amide bonds. The van der Waals surface area contributed by atoms with Crippen LogP contribution in [0, 0.1) is 5.92 Å². The van der Waals surface area contributed by atoms with Gasteiger partial charge in [0.1, 0.15) is 0 Å². The molecule has 2 aromatic rings. The van der Waals surface area contributed by atoms with Crippen LogP contribution in [-0.2, 0) is 16.2 Å². The van der Waals surface area contributed by atoms with Crippen molar-refractivity contribution in [3.8, 4) is 11.1 Å². The fourth-order valence-electron chi connectivity index (χ4n) is 10.1. The van der Waals surface area contributed by atoms with Gasteiger partial charge in [0.2, 0.25) is 0 Å². The number of nitrogens with one attached hydrogen (secondary N) is 1. The van der Waals surface area contributed by atoms with Crippen LogP contribution in [0.5, 0.6) is 0 Å². The van der Waals surface area contributed by atoms with Crippen LogP contribution < -0.4 is 5.32 Å². The molecule has 0 spiro atoms. The molecule has 0 radical (unpaired) electrons. The predicted octanol–water partition coefficient (Wildman–Crippen LogP) is 13.0. The zero-order valence-electron chi connectivity index (χ0n) is 46.8. The highest BCUT2D eigenvalue weighted by atomic mass is 15.3. The van der Waals surface area contributed by atoms with Crippen LogP contribution in [0.2, 0.25) is 0 Å². The maximum Gasteiger partial charge on any atom is 0.0277 e. The Morgan fingerprint density at radius 2 is 0.875 bits per heavy atom. The zero-order chi connectivity index (χ0) is 48.9. The number of unbranched alkanes of at least 4 members (excludes halogenated alkanes) is 6. The Morgan fingerprint density at radius 3 is 1.28 bits per heavy atom. The number of likely N-dealkylation sites (N-methyl/N-ethyl adjacent to an activating group) is 5. The molecule has 0 heterocycles. The van der Waals surface area contributed by atoms with Gasteiger partial charge in [-0.15, -0.1) is 0 Å². The molecule has 1 aliphatic rings. The van der Waals surface area contributed by atoms with Crippen LogP contribution in [0.25, 0.3) is 11.1 Å². The van der Waals surface area contributed by atoms with Crippen molar-refractivity contribution in [2.24, 2.45) is 5.92 Å². The van der Waals surface area contributed by atoms with E-state index in [4.69, 9.17) is 0 Å². The minimum Gasteiger partial charge on any atom is -0.320 e. The molecule has 0 bridgehead atoms. The van der Waals surface area contributed by atoms with Gasteiger partial charge in [0.15, 0.2) is 0 Å². The molecule has 0 atom stereocenters. The highest BCUT2D eigenvalue weighted by molar-refractivity contribution is 5.82. The summed E-state index contributed by atoms with van der Waals surface area (Å²) in [7, 11) is 17.6. The Balaban J connectivity index is 0.000000861. The van der Waals surface area contributed by atoms with Crippen molar-refractivity contribution in [3.05, 3.63) is 58.7 Å². The summed E-state index contributed by atoms with van der Waals surface area (Å²) >= 11 is 0. The van der Waals surface area contributed by atoms with E-state index in [1.807, 2.05) is 0 Å². The smallest absolute Gasteiger partial charge is 0.0277 e. The van der Waals surface area contributed by atoms with Crippen LogP contribution >= 0.6 is 0 Å². The molecule has 64 heavy (non-hydrogen) atoms. The van der Waals surface area contributed by atoms with E-state index in [1.54, 1.807) is 11.1 Å². The molecular formula is C58H108N6. The van der Waals surface area contributed by atoms with Gasteiger partial charge < -0.3 is 15.1 Å². The second kappa shape index (κ2) is 25.0. The number of hydrogen-bond donors (Lipinski definition) is 1. The maximum atomic E-state index is 3.35. The first-order valence-electron chi connectivity index (χ1n) is 25.8. The lowest BCUT2D eigenvalue weighted by Gasteiger charge is -2.45. The molecule has 6 heteroatoms. The Hall–Kier alpha value is -1.80. The molecule has 0 aliphatic heterocycles. The van der Waals surface area contributed by atoms with E-state index in [0.29, 0.717) is 0 Å².